The Kier molecular flexibility index (Phi) is 15.3. The summed E-state index contributed by atoms with van der Waals surface area (Å²) in [6, 6.07) is 8.54. The number of hydrogen-bond donors (Lipinski definition) is 3. The standard InChI is InChI=1S/C20H31BN6O2.C14H19N5O.C6H12BNO2/c1-4-15-14-25(12-13-27(15)16-7-10-26(11-8-16)21(2)29)20-23-18-17(6-5-9-22-18)19(28)24(20)3;1-3-10-9-19(8-7-15-10)14-17-12-11(5-4-6-16-12)13(20)18(14)2;1-7(10)8-4-2-6(9)3-5-8/h5-6,9,15-16,29H,4,7-8,10-14H2,1-3H3;4-6,10,15H,3,7-9H2,1-2H3;10H,2-5H2,1H3/t15-;10-;/m00./s1. The Morgan fingerprint density at radius 2 is 1.24 bits per heavy atom. The number of aromatic nitrogens is 6. The SMILES string of the molecule is CB(O)N1CCC(=O)CC1.CC[C@H]1CN(c2nc3ncccc3c(=O)n2C)CCN1.CC[C@H]1CN(c2nc3ncccc3c(=O)n2C)CCN1C1CCN(B(C)O)CC1. The number of nitrogens with zero attached hydrogens (tertiary/aromatic N) is 11. The van der Waals surface area contributed by atoms with Gasteiger partial charge < -0.3 is 34.8 Å². The van der Waals surface area contributed by atoms with Crippen LogP contribution in [0.15, 0.2) is 46.2 Å². The van der Waals surface area contributed by atoms with E-state index >= 15 is 0 Å². The van der Waals surface area contributed by atoms with Crippen LogP contribution in [-0.2, 0) is 18.9 Å². The quantitative estimate of drug-likeness (QED) is 0.226. The molecule has 17 nitrogen and oxygen atoms in total. The van der Waals surface area contributed by atoms with E-state index in [1.807, 2.05) is 11.6 Å². The largest absolute Gasteiger partial charge is 0.437 e. The van der Waals surface area contributed by atoms with Crippen molar-refractivity contribution in [1.82, 2.24) is 48.9 Å². The van der Waals surface area contributed by atoms with Gasteiger partial charge in [-0.1, -0.05) is 13.8 Å². The molecule has 8 heterocycles. The zero-order valence-corrected chi connectivity index (χ0v) is 35.7. The highest BCUT2D eigenvalue weighted by Gasteiger charge is 2.35. The van der Waals surface area contributed by atoms with Crippen molar-refractivity contribution >= 4 is 53.8 Å². The summed E-state index contributed by atoms with van der Waals surface area (Å²) < 4.78 is 3.29. The van der Waals surface area contributed by atoms with E-state index in [1.165, 1.54) is 0 Å². The van der Waals surface area contributed by atoms with Crippen LogP contribution in [0, 0.1) is 0 Å². The third-order valence-electron chi connectivity index (χ3n) is 12.3. The Labute approximate surface area is 347 Å². The molecule has 0 bridgehead atoms. The van der Waals surface area contributed by atoms with Gasteiger partial charge in [0, 0.05) is 96.7 Å². The van der Waals surface area contributed by atoms with Gasteiger partial charge in [0.25, 0.3) is 11.1 Å². The number of Topliss-reactive ketones (excluding diaryl/α,β-unsaturated/α-hetero) is 1. The molecule has 0 unspecified atom stereocenters. The summed E-state index contributed by atoms with van der Waals surface area (Å²) in [5.74, 6) is 1.74. The molecule has 318 valence electrons. The van der Waals surface area contributed by atoms with Crippen molar-refractivity contribution in [3.05, 3.63) is 57.4 Å². The molecule has 0 aromatic carbocycles. The zero-order chi connectivity index (χ0) is 42.2. The topological polar surface area (TPSA) is 181 Å². The second-order valence-corrected chi connectivity index (χ2v) is 16.2. The lowest BCUT2D eigenvalue weighted by atomic mass is 9.82. The number of anilines is 2. The molecule has 4 fully saturated rings. The van der Waals surface area contributed by atoms with E-state index in [9.17, 15) is 19.4 Å². The number of fused-ring (bicyclic) bond motifs is 2. The van der Waals surface area contributed by atoms with Gasteiger partial charge in [0.2, 0.25) is 11.9 Å². The van der Waals surface area contributed by atoms with Crippen LogP contribution in [0.5, 0.6) is 0 Å². The number of piperidine rings is 2. The fraction of sp³-hybridized carbons (Fsp3) is 0.625. The molecule has 0 spiro atoms. The van der Waals surface area contributed by atoms with Gasteiger partial charge in [-0.15, -0.1) is 0 Å². The number of pyridine rings is 2. The van der Waals surface area contributed by atoms with Crippen LogP contribution in [0.25, 0.3) is 22.1 Å². The molecule has 0 aliphatic carbocycles. The number of ketones is 1. The minimum absolute atomic E-state index is 0.0373. The predicted octanol–water partition coefficient (Wildman–Crippen LogP) is 1.08. The molecule has 4 aliphatic rings. The molecule has 4 saturated heterocycles. The highest BCUT2D eigenvalue weighted by Crippen LogP contribution is 2.26. The highest BCUT2D eigenvalue weighted by molar-refractivity contribution is 6.45. The summed E-state index contributed by atoms with van der Waals surface area (Å²) in [6.45, 7) is 16.6. The molecule has 8 rings (SSSR count). The lowest BCUT2D eigenvalue weighted by Crippen LogP contribution is -2.59. The van der Waals surface area contributed by atoms with Gasteiger partial charge in [0.1, 0.15) is 5.78 Å². The lowest BCUT2D eigenvalue weighted by Gasteiger charge is -2.47. The van der Waals surface area contributed by atoms with Gasteiger partial charge in [-0.3, -0.25) is 28.4 Å². The molecule has 3 N–H and O–H groups in total. The third-order valence-corrected chi connectivity index (χ3v) is 12.3. The Bertz CT molecular complexity index is 2140. The summed E-state index contributed by atoms with van der Waals surface area (Å²) in [4.78, 5) is 64.8. The summed E-state index contributed by atoms with van der Waals surface area (Å²) in [5.41, 5.74) is 0.965. The van der Waals surface area contributed by atoms with Crippen molar-refractivity contribution in [2.24, 2.45) is 14.1 Å². The summed E-state index contributed by atoms with van der Waals surface area (Å²) in [5, 5.41) is 23.5. The first-order chi connectivity index (χ1) is 28.4. The summed E-state index contributed by atoms with van der Waals surface area (Å²) in [6.07, 6.45) is 8.88. The monoisotopic (exact) mass is 813 g/mol. The van der Waals surface area contributed by atoms with E-state index in [0.29, 0.717) is 70.7 Å². The second kappa shape index (κ2) is 20.3. The molecular formula is C40H62B2N12O5. The average molecular weight is 813 g/mol. The smallest absolute Gasteiger partial charge is 0.376 e. The number of rotatable bonds is 7. The van der Waals surface area contributed by atoms with E-state index in [0.717, 1.165) is 91.1 Å². The number of piperazine rings is 2. The maximum Gasteiger partial charge on any atom is 0.376 e. The van der Waals surface area contributed by atoms with E-state index in [1.54, 1.807) is 66.7 Å². The molecule has 2 atom stereocenters. The highest BCUT2D eigenvalue weighted by atomic mass is 16.2. The van der Waals surface area contributed by atoms with E-state index in [-0.39, 0.29) is 18.2 Å². The maximum absolute atomic E-state index is 12.8. The van der Waals surface area contributed by atoms with Crippen LogP contribution in [0.1, 0.15) is 52.4 Å². The van der Waals surface area contributed by atoms with Crippen LogP contribution in [0.4, 0.5) is 11.9 Å². The minimum Gasteiger partial charge on any atom is -0.437 e. The molecule has 4 aromatic rings. The predicted molar refractivity (Wildman–Crippen MR) is 235 cm³/mol. The first-order valence-corrected chi connectivity index (χ1v) is 21.4. The van der Waals surface area contributed by atoms with Crippen LogP contribution in [-0.4, -0.2) is 157 Å². The molecule has 4 aliphatic heterocycles. The second-order valence-electron chi connectivity index (χ2n) is 16.2. The fourth-order valence-corrected chi connectivity index (χ4v) is 8.67. The first kappa shape index (κ1) is 44.3. The van der Waals surface area contributed by atoms with Gasteiger partial charge >= 0.3 is 14.1 Å². The zero-order valence-electron chi connectivity index (χ0n) is 35.7. The number of carbonyl (C=O) groups excluding carboxylic acids is 1. The van der Waals surface area contributed by atoms with E-state index in [2.05, 4.69) is 53.6 Å². The Balaban J connectivity index is 0.000000168. The average Bonchev–Trinajstić information content (AvgIpc) is 3.26. The van der Waals surface area contributed by atoms with Gasteiger partial charge in [0.05, 0.1) is 10.8 Å². The Hall–Kier alpha value is -4.26. The van der Waals surface area contributed by atoms with E-state index in [4.69, 9.17) is 10.0 Å². The maximum atomic E-state index is 12.8. The Morgan fingerprint density at radius 3 is 1.75 bits per heavy atom. The summed E-state index contributed by atoms with van der Waals surface area (Å²) >= 11 is 0. The first-order valence-electron chi connectivity index (χ1n) is 21.4. The van der Waals surface area contributed by atoms with Crippen LogP contribution in [0.3, 0.4) is 0 Å². The fourth-order valence-electron chi connectivity index (χ4n) is 8.67. The number of carbonyl (C=O) groups is 1. The minimum atomic E-state index is -0.395. The van der Waals surface area contributed by atoms with E-state index < -0.39 is 7.05 Å². The molecule has 0 saturated carbocycles. The molecule has 59 heavy (non-hydrogen) atoms. The molecule has 4 aromatic heterocycles. The van der Waals surface area contributed by atoms with Gasteiger partial charge in [-0.05, 0) is 89.8 Å². The molecule has 0 radical (unpaired) electrons. The van der Waals surface area contributed by atoms with Gasteiger partial charge in [0.15, 0.2) is 11.3 Å². The number of hydrogen-bond acceptors (Lipinski definition) is 15. The third kappa shape index (κ3) is 10.6. The molecule has 0 amide bonds. The van der Waals surface area contributed by atoms with Crippen molar-refractivity contribution < 1.29 is 14.8 Å². The van der Waals surface area contributed by atoms with Crippen molar-refractivity contribution in [2.75, 3.05) is 75.2 Å². The van der Waals surface area contributed by atoms with Crippen molar-refractivity contribution in [3.63, 3.8) is 0 Å². The summed E-state index contributed by atoms with van der Waals surface area (Å²) in [7, 11) is 2.83. The molecular weight excluding hydrogens is 750 g/mol. The normalized spacial score (nSPS) is 21.2. The van der Waals surface area contributed by atoms with Gasteiger partial charge in [-0.25, -0.2) is 9.97 Å². The number of nitrogens with one attached hydrogen (secondary N) is 1. The van der Waals surface area contributed by atoms with Crippen molar-refractivity contribution in [1.29, 1.82) is 0 Å². The van der Waals surface area contributed by atoms with Crippen molar-refractivity contribution in [3.8, 4) is 0 Å². The Morgan fingerprint density at radius 1 is 0.712 bits per heavy atom. The van der Waals surface area contributed by atoms with Gasteiger partial charge in [-0.2, -0.15) is 9.97 Å². The van der Waals surface area contributed by atoms with Crippen LogP contribution >= 0.6 is 0 Å². The molecule has 19 heteroatoms. The van der Waals surface area contributed by atoms with Crippen molar-refractivity contribution in [2.45, 2.75) is 84.1 Å². The van der Waals surface area contributed by atoms with Crippen LogP contribution < -0.4 is 26.2 Å². The lowest BCUT2D eigenvalue weighted by molar-refractivity contribution is -0.120. The van der Waals surface area contributed by atoms with Crippen LogP contribution in [0.2, 0.25) is 13.6 Å².